The minimum absolute atomic E-state index is 0.164. The lowest BCUT2D eigenvalue weighted by atomic mass is 10.1. The summed E-state index contributed by atoms with van der Waals surface area (Å²) in [4.78, 5) is 29.2. The molecule has 0 saturated carbocycles. The standard InChI is InChI=1S/C18H20F2N4O3S2/c19-13-2-1-11(5-14(13)20)7-24-3-4-27-12(8-24)6-22-16(25)10-29-18-23-15(9-28-18)17(21)26/h1-2,5,9,12H,3-4,6-8,10H2,(H2,21,26)(H,22,25). The van der Waals surface area contributed by atoms with E-state index in [0.717, 1.165) is 6.07 Å². The fourth-order valence-electron chi connectivity index (χ4n) is 2.79. The maximum absolute atomic E-state index is 13.4. The Morgan fingerprint density at radius 3 is 2.93 bits per heavy atom. The van der Waals surface area contributed by atoms with E-state index in [9.17, 15) is 18.4 Å². The first-order chi connectivity index (χ1) is 13.9. The summed E-state index contributed by atoms with van der Waals surface area (Å²) in [6.45, 7) is 2.56. The van der Waals surface area contributed by atoms with Gasteiger partial charge in [-0.2, -0.15) is 0 Å². The zero-order chi connectivity index (χ0) is 20.8. The first-order valence-electron chi connectivity index (χ1n) is 8.83. The number of carbonyl (C=O) groups is 2. The van der Waals surface area contributed by atoms with Gasteiger partial charge in [0, 0.05) is 31.6 Å². The summed E-state index contributed by atoms with van der Waals surface area (Å²) in [6, 6.07) is 3.88. The summed E-state index contributed by atoms with van der Waals surface area (Å²) in [5, 5.41) is 4.37. The van der Waals surface area contributed by atoms with Crippen molar-refractivity contribution in [3.8, 4) is 0 Å². The molecule has 29 heavy (non-hydrogen) atoms. The summed E-state index contributed by atoms with van der Waals surface area (Å²) >= 11 is 2.49. The molecule has 2 heterocycles. The van der Waals surface area contributed by atoms with Crippen molar-refractivity contribution >= 4 is 34.9 Å². The van der Waals surface area contributed by atoms with E-state index in [0.29, 0.717) is 42.7 Å². The van der Waals surface area contributed by atoms with Crippen LogP contribution in [-0.2, 0) is 16.1 Å². The van der Waals surface area contributed by atoms with Crippen LogP contribution < -0.4 is 11.1 Å². The number of thiazole rings is 1. The molecule has 3 rings (SSSR count). The number of carbonyl (C=O) groups excluding carboxylic acids is 2. The van der Waals surface area contributed by atoms with Gasteiger partial charge in [-0.15, -0.1) is 11.3 Å². The fraction of sp³-hybridized carbons (Fsp3) is 0.389. The molecule has 1 atom stereocenters. The van der Waals surface area contributed by atoms with Crippen LogP contribution >= 0.6 is 23.1 Å². The molecule has 2 aromatic rings. The Kier molecular flexibility index (Phi) is 7.53. The third-order valence-corrected chi connectivity index (χ3v) is 6.22. The van der Waals surface area contributed by atoms with Gasteiger partial charge < -0.3 is 15.8 Å². The van der Waals surface area contributed by atoms with Crippen LogP contribution in [0.15, 0.2) is 27.9 Å². The predicted octanol–water partition coefficient (Wildman–Crippen LogP) is 1.63. The van der Waals surface area contributed by atoms with Gasteiger partial charge in [-0.3, -0.25) is 14.5 Å². The zero-order valence-corrected chi connectivity index (χ0v) is 17.0. The zero-order valence-electron chi connectivity index (χ0n) is 15.4. The lowest BCUT2D eigenvalue weighted by Gasteiger charge is -2.33. The van der Waals surface area contributed by atoms with E-state index in [1.54, 1.807) is 11.4 Å². The van der Waals surface area contributed by atoms with Crippen LogP contribution in [0, 0.1) is 11.6 Å². The SMILES string of the molecule is NC(=O)c1csc(SCC(=O)NCC2CN(Cc3ccc(F)c(F)c3)CCO2)n1. The Morgan fingerprint density at radius 2 is 2.21 bits per heavy atom. The Hall–Kier alpha value is -2.08. The molecule has 11 heteroatoms. The summed E-state index contributed by atoms with van der Waals surface area (Å²) in [7, 11) is 0. The van der Waals surface area contributed by atoms with E-state index in [1.165, 1.54) is 29.2 Å². The second-order valence-corrected chi connectivity index (χ2v) is 8.51. The van der Waals surface area contributed by atoms with Gasteiger partial charge >= 0.3 is 0 Å². The molecule has 156 valence electrons. The topological polar surface area (TPSA) is 97.5 Å². The molecule has 1 aliphatic rings. The van der Waals surface area contributed by atoms with Crippen molar-refractivity contribution in [2.75, 3.05) is 32.0 Å². The van der Waals surface area contributed by atoms with Crippen LogP contribution in [-0.4, -0.2) is 59.8 Å². The predicted molar refractivity (Wildman–Crippen MR) is 106 cm³/mol. The number of hydrogen-bond donors (Lipinski definition) is 2. The average molecular weight is 443 g/mol. The normalized spacial score (nSPS) is 17.2. The molecule has 1 unspecified atom stereocenters. The van der Waals surface area contributed by atoms with Gasteiger partial charge in [-0.1, -0.05) is 17.8 Å². The lowest BCUT2D eigenvalue weighted by Crippen LogP contribution is -2.47. The van der Waals surface area contributed by atoms with Crippen molar-refractivity contribution in [2.24, 2.45) is 5.73 Å². The van der Waals surface area contributed by atoms with Crippen molar-refractivity contribution in [3.63, 3.8) is 0 Å². The van der Waals surface area contributed by atoms with E-state index in [4.69, 9.17) is 10.5 Å². The van der Waals surface area contributed by atoms with E-state index in [-0.39, 0.29) is 23.5 Å². The number of amides is 2. The van der Waals surface area contributed by atoms with E-state index < -0.39 is 17.5 Å². The molecule has 3 N–H and O–H groups in total. The highest BCUT2D eigenvalue weighted by molar-refractivity contribution is 8.01. The molecule has 2 amide bonds. The maximum atomic E-state index is 13.4. The number of morpholine rings is 1. The van der Waals surface area contributed by atoms with Gasteiger partial charge in [-0.25, -0.2) is 13.8 Å². The molecule has 0 bridgehead atoms. The van der Waals surface area contributed by atoms with Crippen LogP contribution in [0.3, 0.4) is 0 Å². The molecular formula is C18H20F2N4O3S2. The van der Waals surface area contributed by atoms with Crippen LogP contribution in [0.2, 0.25) is 0 Å². The van der Waals surface area contributed by atoms with Crippen molar-refractivity contribution in [1.82, 2.24) is 15.2 Å². The largest absolute Gasteiger partial charge is 0.374 e. The highest BCUT2D eigenvalue weighted by atomic mass is 32.2. The number of nitrogens with two attached hydrogens (primary N) is 1. The molecule has 1 aliphatic heterocycles. The van der Waals surface area contributed by atoms with E-state index in [2.05, 4.69) is 15.2 Å². The fourth-order valence-corrected chi connectivity index (χ4v) is 4.43. The number of nitrogens with one attached hydrogen (secondary N) is 1. The molecule has 1 aromatic heterocycles. The van der Waals surface area contributed by atoms with E-state index >= 15 is 0 Å². The highest BCUT2D eigenvalue weighted by Gasteiger charge is 2.21. The smallest absolute Gasteiger partial charge is 0.268 e. The number of halogens is 2. The minimum Gasteiger partial charge on any atom is -0.374 e. The maximum Gasteiger partial charge on any atom is 0.268 e. The Labute approximate surface area is 174 Å². The van der Waals surface area contributed by atoms with E-state index in [1.807, 2.05) is 0 Å². The van der Waals surface area contributed by atoms with Crippen LogP contribution in [0.1, 0.15) is 16.1 Å². The first kappa shape index (κ1) is 21.6. The Bertz CT molecular complexity index is 881. The third kappa shape index (κ3) is 6.46. The molecule has 0 aliphatic carbocycles. The number of nitrogens with zero attached hydrogens (tertiary/aromatic N) is 2. The quantitative estimate of drug-likeness (QED) is 0.603. The van der Waals surface area contributed by atoms with Gasteiger partial charge in [-0.05, 0) is 17.7 Å². The molecular weight excluding hydrogens is 422 g/mol. The lowest BCUT2D eigenvalue weighted by molar-refractivity contribution is -0.119. The third-order valence-electron chi connectivity index (χ3n) is 4.20. The second-order valence-electron chi connectivity index (χ2n) is 6.43. The van der Waals surface area contributed by atoms with Crippen molar-refractivity contribution in [1.29, 1.82) is 0 Å². The summed E-state index contributed by atoms with van der Waals surface area (Å²) < 4.78 is 32.7. The molecule has 1 fully saturated rings. The highest BCUT2D eigenvalue weighted by Crippen LogP contribution is 2.22. The molecule has 1 saturated heterocycles. The number of rotatable bonds is 8. The van der Waals surface area contributed by atoms with Gasteiger partial charge in [0.05, 0.1) is 18.5 Å². The Balaban J connectivity index is 1.40. The van der Waals surface area contributed by atoms with Gasteiger partial charge in [0.15, 0.2) is 16.0 Å². The molecule has 1 aromatic carbocycles. The van der Waals surface area contributed by atoms with Crippen LogP contribution in [0.4, 0.5) is 8.78 Å². The summed E-state index contributed by atoms with van der Waals surface area (Å²) in [6.07, 6.45) is -0.190. The van der Waals surface area contributed by atoms with Gasteiger partial charge in [0.25, 0.3) is 5.91 Å². The number of ether oxygens (including phenoxy) is 1. The number of thioether (sulfide) groups is 1. The second kappa shape index (κ2) is 10.1. The monoisotopic (exact) mass is 442 g/mol. The number of aromatic nitrogens is 1. The number of hydrogen-bond acceptors (Lipinski definition) is 7. The van der Waals surface area contributed by atoms with Gasteiger partial charge in [0.1, 0.15) is 5.69 Å². The van der Waals surface area contributed by atoms with Crippen LogP contribution in [0.5, 0.6) is 0 Å². The number of primary amides is 1. The van der Waals surface area contributed by atoms with Crippen molar-refractivity contribution < 1.29 is 23.1 Å². The molecule has 7 nitrogen and oxygen atoms in total. The first-order valence-corrected chi connectivity index (χ1v) is 10.7. The van der Waals surface area contributed by atoms with Crippen molar-refractivity contribution in [3.05, 3.63) is 46.5 Å². The van der Waals surface area contributed by atoms with Crippen molar-refractivity contribution in [2.45, 2.75) is 17.0 Å². The van der Waals surface area contributed by atoms with Crippen LogP contribution in [0.25, 0.3) is 0 Å². The number of benzene rings is 1. The minimum atomic E-state index is -0.863. The average Bonchev–Trinajstić information content (AvgIpc) is 3.17. The Morgan fingerprint density at radius 1 is 1.38 bits per heavy atom. The molecule has 0 radical (unpaired) electrons. The summed E-state index contributed by atoms with van der Waals surface area (Å²) in [5.41, 5.74) is 6.02. The van der Waals surface area contributed by atoms with Gasteiger partial charge in [0.2, 0.25) is 5.91 Å². The summed E-state index contributed by atoms with van der Waals surface area (Å²) in [5.74, 6) is -2.33. The molecule has 0 spiro atoms.